The van der Waals surface area contributed by atoms with Gasteiger partial charge in [0.2, 0.25) is 11.8 Å². The van der Waals surface area contributed by atoms with E-state index >= 15 is 0 Å². The number of imide groups is 1. The van der Waals surface area contributed by atoms with Crippen LogP contribution in [0.1, 0.15) is 18.9 Å². The lowest BCUT2D eigenvalue weighted by Gasteiger charge is -2.17. The maximum absolute atomic E-state index is 12.8. The molecule has 1 fully saturated rings. The molecule has 0 unspecified atom stereocenters. The van der Waals surface area contributed by atoms with E-state index in [-0.39, 0.29) is 29.2 Å². The van der Waals surface area contributed by atoms with Gasteiger partial charge in [-0.05, 0) is 48.9 Å². The molecule has 0 bridgehead atoms. The van der Waals surface area contributed by atoms with Crippen LogP contribution in [0, 0.1) is 0 Å². The molecule has 2 aromatic carbocycles. The van der Waals surface area contributed by atoms with E-state index < -0.39 is 5.25 Å². The van der Waals surface area contributed by atoms with Crippen molar-refractivity contribution < 1.29 is 19.4 Å². The van der Waals surface area contributed by atoms with Gasteiger partial charge in [0.25, 0.3) is 0 Å². The van der Waals surface area contributed by atoms with Gasteiger partial charge in [-0.2, -0.15) is 5.10 Å². The Kier molecular flexibility index (Phi) is 6.18. The zero-order valence-corrected chi connectivity index (χ0v) is 16.7. The van der Waals surface area contributed by atoms with Gasteiger partial charge in [0.1, 0.15) is 16.7 Å². The molecule has 1 saturated heterocycles. The van der Waals surface area contributed by atoms with E-state index in [1.807, 2.05) is 0 Å². The molecule has 8 nitrogen and oxygen atoms in total. The van der Waals surface area contributed by atoms with Crippen molar-refractivity contribution in [2.45, 2.75) is 18.6 Å². The number of carbonyl (C=O) groups excluding carboxylic acids is 2. The van der Waals surface area contributed by atoms with E-state index in [1.165, 1.54) is 7.11 Å². The largest absolute Gasteiger partial charge is 0.508 e. The van der Waals surface area contributed by atoms with Gasteiger partial charge in [0.15, 0.2) is 5.17 Å². The Hall–Kier alpha value is -3.33. The SMILES string of the molecule is COc1ccccc1N1C(=O)C[C@H](SC(N)=N/N=C(/C)c2ccc(O)cc2)C1=O. The number of thioether (sulfide) groups is 1. The van der Waals surface area contributed by atoms with Gasteiger partial charge in [-0.25, -0.2) is 4.90 Å². The predicted molar refractivity (Wildman–Crippen MR) is 113 cm³/mol. The molecule has 0 aromatic heterocycles. The lowest BCUT2D eigenvalue weighted by molar-refractivity contribution is -0.121. The van der Waals surface area contributed by atoms with Crippen LogP contribution in [0.5, 0.6) is 11.5 Å². The number of carbonyl (C=O) groups is 2. The Morgan fingerprint density at radius 2 is 1.86 bits per heavy atom. The average molecular weight is 412 g/mol. The number of methoxy groups -OCH3 is 1. The van der Waals surface area contributed by atoms with Crippen molar-refractivity contribution in [2.75, 3.05) is 12.0 Å². The molecule has 0 spiro atoms. The Morgan fingerprint density at radius 3 is 2.55 bits per heavy atom. The highest BCUT2D eigenvalue weighted by molar-refractivity contribution is 8.14. The number of hydrogen-bond donors (Lipinski definition) is 2. The summed E-state index contributed by atoms with van der Waals surface area (Å²) in [5.74, 6) is -0.102. The summed E-state index contributed by atoms with van der Waals surface area (Å²) in [6, 6.07) is 13.3. The normalized spacial score (nSPS) is 17.7. The van der Waals surface area contributed by atoms with E-state index in [4.69, 9.17) is 10.5 Å². The molecule has 0 radical (unpaired) electrons. The second kappa shape index (κ2) is 8.78. The molecule has 1 atom stereocenters. The lowest BCUT2D eigenvalue weighted by atomic mass is 10.1. The third-order valence-electron chi connectivity index (χ3n) is 4.28. The number of nitrogens with zero attached hydrogens (tertiary/aromatic N) is 3. The number of para-hydroxylation sites is 2. The quantitative estimate of drug-likeness (QED) is 0.337. The molecule has 29 heavy (non-hydrogen) atoms. The molecule has 1 aliphatic rings. The molecule has 1 heterocycles. The number of rotatable bonds is 5. The number of hydrogen-bond acceptors (Lipinski definition) is 7. The topological polar surface area (TPSA) is 118 Å². The Bertz CT molecular complexity index is 988. The number of ether oxygens (including phenoxy) is 1. The van der Waals surface area contributed by atoms with Crippen molar-refractivity contribution in [1.82, 2.24) is 0 Å². The van der Waals surface area contributed by atoms with E-state index in [0.29, 0.717) is 17.1 Å². The van der Waals surface area contributed by atoms with Crippen LogP contribution < -0.4 is 15.4 Å². The zero-order chi connectivity index (χ0) is 21.0. The van der Waals surface area contributed by atoms with Crippen LogP contribution in [-0.2, 0) is 9.59 Å². The fourth-order valence-electron chi connectivity index (χ4n) is 2.82. The summed E-state index contributed by atoms with van der Waals surface area (Å²) in [6.07, 6.45) is 0.0123. The second-order valence-electron chi connectivity index (χ2n) is 6.22. The van der Waals surface area contributed by atoms with Gasteiger partial charge in [-0.1, -0.05) is 23.9 Å². The molecule has 2 aromatic rings. The summed E-state index contributed by atoms with van der Waals surface area (Å²) in [5, 5.41) is 16.8. The molecule has 0 aliphatic carbocycles. The molecule has 150 valence electrons. The van der Waals surface area contributed by atoms with Crippen LogP contribution in [-0.4, -0.2) is 40.2 Å². The maximum Gasteiger partial charge on any atom is 0.248 e. The summed E-state index contributed by atoms with van der Waals surface area (Å²) in [5.41, 5.74) is 7.69. The number of nitrogens with two attached hydrogens (primary N) is 1. The average Bonchev–Trinajstić information content (AvgIpc) is 2.99. The smallest absolute Gasteiger partial charge is 0.248 e. The first-order chi connectivity index (χ1) is 13.9. The van der Waals surface area contributed by atoms with Crippen LogP contribution in [0.15, 0.2) is 58.7 Å². The summed E-state index contributed by atoms with van der Waals surface area (Å²) in [7, 11) is 1.48. The Labute approximate surface area is 172 Å². The number of benzene rings is 2. The number of anilines is 1. The summed E-state index contributed by atoms with van der Waals surface area (Å²) in [6.45, 7) is 1.75. The monoisotopic (exact) mass is 412 g/mol. The number of aromatic hydroxyl groups is 1. The van der Waals surface area contributed by atoms with Crippen molar-refractivity contribution in [3.63, 3.8) is 0 Å². The fraction of sp³-hybridized carbons (Fsp3) is 0.200. The summed E-state index contributed by atoms with van der Waals surface area (Å²) >= 11 is 0.998. The lowest BCUT2D eigenvalue weighted by Crippen LogP contribution is -2.32. The van der Waals surface area contributed by atoms with Crippen molar-refractivity contribution in [3.8, 4) is 11.5 Å². The van der Waals surface area contributed by atoms with Gasteiger partial charge >= 0.3 is 0 Å². The van der Waals surface area contributed by atoms with Crippen LogP contribution >= 0.6 is 11.8 Å². The number of phenolic OH excluding ortho intramolecular Hbond substituents is 1. The molecule has 3 rings (SSSR count). The Morgan fingerprint density at radius 1 is 1.17 bits per heavy atom. The highest BCUT2D eigenvalue weighted by Gasteiger charge is 2.41. The van der Waals surface area contributed by atoms with Crippen molar-refractivity contribution in [1.29, 1.82) is 0 Å². The second-order valence-corrected chi connectivity index (χ2v) is 7.44. The minimum absolute atomic E-state index is 0.0123. The Balaban J connectivity index is 1.72. The van der Waals surface area contributed by atoms with E-state index in [0.717, 1.165) is 22.2 Å². The van der Waals surface area contributed by atoms with Crippen LogP contribution in [0.2, 0.25) is 0 Å². The van der Waals surface area contributed by atoms with Crippen LogP contribution in [0.4, 0.5) is 5.69 Å². The molecule has 1 aliphatic heterocycles. The third kappa shape index (κ3) is 4.57. The number of amidine groups is 1. The van der Waals surface area contributed by atoms with Crippen LogP contribution in [0.3, 0.4) is 0 Å². The zero-order valence-electron chi connectivity index (χ0n) is 15.9. The number of phenols is 1. The first kappa shape index (κ1) is 20.4. The minimum Gasteiger partial charge on any atom is -0.508 e. The van der Waals surface area contributed by atoms with E-state index in [1.54, 1.807) is 55.5 Å². The first-order valence-corrected chi connectivity index (χ1v) is 9.62. The van der Waals surface area contributed by atoms with Crippen molar-refractivity contribution in [2.24, 2.45) is 15.9 Å². The van der Waals surface area contributed by atoms with Crippen molar-refractivity contribution in [3.05, 3.63) is 54.1 Å². The van der Waals surface area contributed by atoms with Gasteiger partial charge in [0, 0.05) is 6.42 Å². The molecule has 0 saturated carbocycles. The summed E-state index contributed by atoms with van der Waals surface area (Å²) < 4.78 is 5.25. The van der Waals surface area contributed by atoms with Gasteiger partial charge in [-0.3, -0.25) is 9.59 Å². The van der Waals surface area contributed by atoms with E-state index in [9.17, 15) is 14.7 Å². The molecule has 3 N–H and O–H groups in total. The molecular formula is C20H20N4O4S. The number of amides is 2. The minimum atomic E-state index is -0.680. The third-order valence-corrected chi connectivity index (χ3v) is 5.25. The maximum atomic E-state index is 12.8. The fourth-order valence-corrected chi connectivity index (χ4v) is 3.63. The van der Waals surface area contributed by atoms with Crippen LogP contribution in [0.25, 0.3) is 0 Å². The summed E-state index contributed by atoms with van der Waals surface area (Å²) in [4.78, 5) is 26.3. The highest BCUT2D eigenvalue weighted by Crippen LogP contribution is 2.35. The standard InChI is InChI=1S/C20H20N4O4S/c1-12(13-7-9-14(25)10-8-13)22-23-20(21)29-17-11-18(26)24(19(17)27)15-5-3-4-6-16(15)28-2/h3-10,17,25H,11H2,1-2H3,(H2,21,23)/b22-12-/t17-/m0/s1. The molecule has 2 amide bonds. The van der Waals surface area contributed by atoms with Crippen molar-refractivity contribution >= 4 is 40.1 Å². The van der Waals surface area contributed by atoms with Gasteiger partial charge in [0.05, 0.1) is 18.5 Å². The predicted octanol–water partition coefficient (Wildman–Crippen LogP) is 2.50. The molecular weight excluding hydrogens is 392 g/mol. The van der Waals surface area contributed by atoms with Gasteiger partial charge < -0.3 is 15.6 Å². The van der Waals surface area contributed by atoms with E-state index in [2.05, 4.69) is 10.2 Å². The van der Waals surface area contributed by atoms with Gasteiger partial charge in [-0.15, -0.1) is 5.10 Å². The molecule has 9 heteroatoms. The first-order valence-electron chi connectivity index (χ1n) is 8.74. The highest BCUT2D eigenvalue weighted by atomic mass is 32.2.